The Balaban J connectivity index is 1.97. The van der Waals surface area contributed by atoms with Crippen LogP contribution in [0.5, 0.6) is 0 Å². The van der Waals surface area contributed by atoms with Crippen LogP contribution in [-0.4, -0.2) is 42.1 Å². The van der Waals surface area contributed by atoms with E-state index in [4.69, 9.17) is 10.5 Å². The number of carbonyl (C=O) groups excluding carboxylic acids is 2. The summed E-state index contributed by atoms with van der Waals surface area (Å²) in [6.07, 6.45) is 3.29. The summed E-state index contributed by atoms with van der Waals surface area (Å²) in [7, 11) is 0. The van der Waals surface area contributed by atoms with Crippen LogP contribution in [0.25, 0.3) is 0 Å². The molecule has 0 saturated carbocycles. The normalized spacial score (nSPS) is 19.9. The van der Waals surface area contributed by atoms with Gasteiger partial charge in [0.05, 0.1) is 0 Å². The first kappa shape index (κ1) is 19.2. The van der Waals surface area contributed by atoms with Crippen LogP contribution in [0.15, 0.2) is 30.3 Å². The fraction of sp³-hybridized carbons (Fsp3) is 0.579. The minimum Gasteiger partial charge on any atom is -0.445 e. The molecule has 25 heavy (non-hydrogen) atoms. The van der Waals surface area contributed by atoms with Crippen molar-refractivity contribution in [3.63, 3.8) is 0 Å². The van der Waals surface area contributed by atoms with Crippen LogP contribution in [0, 0.1) is 0 Å². The molecule has 138 valence electrons. The molecule has 0 bridgehead atoms. The minimum atomic E-state index is -0.874. The lowest BCUT2D eigenvalue weighted by Crippen LogP contribution is -2.54. The fourth-order valence-electron chi connectivity index (χ4n) is 3.17. The Morgan fingerprint density at radius 3 is 2.76 bits per heavy atom. The van der Waals surface area contributed by atoms with Crippen LogP contribution < -0.4 is 11.1 Å². The summed E-state index contributed by atoms with van der Waals surface area (Å²) in [5.41, 5.74) is 5.66. The zero-order valence-electron chi connectivity index (χ0n) is 15.0. The number of likely N-dealkylation sites (tertiary alicyclic amines) is 1. The molecule has 1 aromatic rings. The van der Waals surface area contributed by atoms with E-state index in [2.05, 4.69) is 12.2 Å². The van der Waals surface area contributed by atoms with E-state index in [1.165, 1.54) is 0 Å². The van der Waals surface area contributed by atoms with Gasteiger partial charge in [0.25, 0.3) is 0 Å². The molecule has 1 heterocycles. The number of rotatable bonds is 9. The number of hydrogen-bond donors (Lipinski definition) is 2. The van der Waals surface area contributed by atoms with Crippen LogP contribution in [0.4, 0.5) is 4.79 Å². The van der Waals surface area contributed by atoms with Gasteiger partial charge in [-0.2, -0.15) is 0 Å². The summed E-state index contributed by atoms with van der Waals surface area (Å²) in [6.45, 7) is 4.18. The number of ether oxygens (including phenoxy) is 1. The smallest absolute Gasteiger partial charge is 0.408 e. The van der Waals surface area contributed by atoms with E-state index >= 15 is 0 Å². The molecule has 2 rings (SSSR count). The molecule has 0 aromatic heterocycles. The monoisotopic (exact) mass is 347 g/mol. The molecular formula is C19H29N3O3. The molecule has 1 saturated heterocycles. The Hall–Kier alpha value is -2.08. The molecule has 1 atom stereocenters. The zero-order valence-corrected chi connectivity index (χ0v) is 15.0. The van der Waals surface area contributed by atoms with Gasteiger partial charge in [0.1, 0.15) is 12.1 Å². The van der Waals surface area contributed by atoms with E-state index in [0.29, 0.717) is 32.4 Å². The van der Waals surface area contributed by atoms with Crippen molar-refractivity contribution in [3.8, 4) is 0 Å². The Morgan fingerprint density at radius 2 is 2.08 bits per heavy atom. The van der Waals surface area contributed by atoms with Gasteiger partial charge in [-0.05, 0) is 37.8 Å². The summed E-state index contributed by atoms with van der Waals surface area (Å²) in [5, 5.41) is 2.85. The largest absolute Gasteiger partial charge is 0.445 e. The molecule has 6 heteroatoms. The van der Waals surface area contributed by atoms with E-state index in [-0.39, 0.29) is 12.5 Å². The number of amides is 2. The maximum atomic E-state index is 12.9. The van der Waals surface area contributed by atoms with Gasteiger partial charge in [0.2, 0.25) is 5.91 Å². The quantitative estimate of drug-likeness (QED) is 0.718. The first-order valence-electron chi connectivity index (χ1n) is 9.09. The maximum Gasteiger partial charge on any atom is 0.408 e. The molecule has 0 radical (unpaired) electrons. The lowest BCUT2D eigenvalue weighted by molar-refractivity contribution is -0.133. The van der Waals surface area contributed by atoms with Crippen molar-refractivity contribution in [3.05, 3.63) is 35.9 Å². The fourth-order valence-corrected chi connectivity index (χ4v) is 3.17. The van der Waals surface area contributed by atoms with Crippen molar-refractivity contribution in [1.82, 2.24) is 10.2 Å². The summed E-state index contributed by atoms with van der Waals surface area (Å²) in [5.74, 6) is -0.00828. The molecule has 1 unspecified atom stereocenters. The highest BCUT2D eigenvalue weighted by Gasteiger charge is 2.47. The van der Waals surface area contributed by atoms with Crippen molar-refractivity contribution < 1.29 is 14.3 Å². The van der Waals surface area contributed by atoms with Crippen molar-refractivity contribution in [2.24, 2.45) is 5.73 Å². The van der Waals surface area contributed by atoms with Gasteiger partial charge in [-0.25, -0.2) is 4.79 Å². The molecule has 3 N–H and O–H groups in total. The average Bonchev–Trinajstić information content (AvgIpc) is 2.93. The predicted octanol–water partition coefficient (Wildman–Crippen LogP) is 2.42. The van der Waals surface area contributed by atoms with Crippen LogP contribution >= 0.6 is 0 Å². The zero-order chi connectivity index (χ0) is 18.1. The van der Waals surface area contributed by atoms with Crippen LogP contribution in [0.1, 0.15) is 44.6 Å². The molecule has 1 aliphatic rings. The van der Waals surface area contributed by atoms with Crippen LogP contribution in [-0.2, 0) is 16.1 Å². The lowest BCUT2D eigenvalue weighted by atomic mass is 9.91. The summed E-state index contributed by atoms with van der Waals surface area (Å²) >= 11 is 0. The Bertz CT molecular complexity index is 564. The summed E-state index contributed by atoms with van der Waals surface area (Å²) in [4.78, 5) is 27.0. The molecule has 0 spiro atoms. The Kier molecular flexibility index (Phi) is 7.25. The highest BCUT2D eigenvalue weighted by Crippen LogP contribution is 2.28. The first-order chi connectivity index (χ1) is 12.1. The van der Waals surface area contributed by atoms with Crippen LogP contribution in [0.2, 0.25) is 0 Å². The third-order valence-corrected chi connectivity index (χ3v) is 4.65. The Labute approximate surface area is 149 Å². The number of hydrogen-bond acceptors (Lipinski definition) is 4. The Morgan fingerprint density at radius 1 is 1.32 bits per heavy atom. The van der Waals surface area contributed by atoms with Crippen molar-refractivity contribution in [1.29, 1.82) is 0 Å². The second-order valence-corrected chi connectivity index (χ2v) is 6.56. The number of nitrogens with two attached hydrogens (primary N) is 1. The molecule has 1 fully saturated rings. The van der Waals surface area contributed by atoms with Gasteiger partial charge in [-0.1, -0.05) is 43.7 Å². The second-order valence-electron chi connectivity index (χ2n) is 6.56. The van der Waals surface area contributed by atoms with E-state index < -0.39 is 11.6 Å². The molecule has 0 aliphatic carbocycles. The minimum absolute atomic E-state index is 0.00828. The third-order valence-electron chi connectivity index (χ3n) is 4.65. The number of nitrogens with zero attached hydrogens (tertiary/aromatic N) is 1. The van der Waals surface area contributed by atoms with E-state index in [0.717, 1.165) is 24.9 Å². The average molecular weight is 347 g/mol. The van der Waals surface area contributed by atoms with E-state index in [9.17, 15) is 9.59 Å². The SMILES string of the molecule is CCCCN1CCC(CCCN)(NC(=O)OCc2ccccc2)C1=O. The molecule has 6 nitrogen and oxygen atoms in total. The summed E-state index contributed by atoms with van der Waals surface area (Å²) < 4.78 is 5.31. The number of benzene rings is 1. The van der Waals surface area contributed by atoms with E-state index in [1.807, 2.05) is 35.2 Å². The first-order valence-corrected chi connectivity index (χ1v) is 9.09. The number of carbonyl (C=O) groups is 2. The third kappa shape index (κ3) is 5.19. The number of unbranched alkanes of at least 4 members (excludes halogenated alkanes) is 1. The highest BCUT2D eigenvalue weighted by molar-refractivity contribution is 5.91. The maximum absolute atomic E-state index is 12.9. The standard InChI is InChI=1S/C19H29N3O3/c1-2-3-13-22-14-11-19(17(22)23,10-7-12-20)21-18(24)25-15-16-8-5-4-6-9-16/h4-6,8-9H,2-3,7,10-15,20H2,1H3,(H,21,24). The summed E-state index contributed by atoms with van der Waals surface area (Å²) in [6, 6.07) is 9.49. The lowest BCUT2D eigenvalue weighted by Gasteiger charge is -2.28. The topological polar surface area (TPSA) is 84.7 Å². The number of nitrogens with one attached hydrogen (secondary N) is 1. The second kappa shape index (κ2) is 9.42. The van der Waals surface area contributed by atoms with E-state index in [1.54, 1.807) is 0 Å². The molecule has 1 aromatic carbocycles. The van der Waals surface area contributed by atoms with Gasteiger partial charge >= 0.3 is 6.09 Å². The molecular weight excluding hydrogens is 318 g/mol. The molecule has 2 amide bonds. The number of alkyl carbamates (subject to hydrolysis) is 1. The van der Waals surface area contributed by atoms with Gasteiger partial charge in [0.15, 0.2) is 0 Å². The van der Waals surface area contributed by atoms with Gasteiger partial charge in [-0.15, -0.1) is 0 Å². The van der Waals surface area contributed by atoms with Gasteiger partial charge < -0.3 is 20.7 Å². The van der Waals surface area contributed by atoms with Crippen molar-refractivity contribution in [2.45, 2.75) is 51.2 Å². The predicted molar refractivity (Wildman–Crippen MR) is 96.9 cm³/mol. The molecule has 1 aliphatic heterocycles. The van der Waals surface area contributed by atoms with Crippen molar-refractivity contribution in [2.75, 3.05) is 19.6 Å². The van der Waals surface area contributed by atoms with Crippen LogP contribution in [0.3, 0.4) is 0 Å². The van der Waals surface area contributed by atoms with Gasteiger partial charge in [0, 0.05) is 13.1 Å². The highest BCUT2D eigenvalue weighted by atomic mass is 16.5. The van der Waals surface area contributed by atoms with Gasteiger partial charge in [-0.3, -0.25) is 4.79 Å². The van der Waals surface area contributed by atoms with Crippen molar-refractivity contribution >= 4 is 12.0 Å².